The Balaban J connectivity index is -0.0000000270. The number of carboxylic acid groups (broad SMARTS) is 3. The van der Waals surface area contributed by atoms with E-state index in [1.54, 1.807) is 0 Å². The molecule has 0 atom stereocenters. The van der Waals surface area contributed by atoms with E-state index in [0.29, 0.717) is 0 Å². The standard InChI is InChI=1S/3C2H4O2.CH3.Ti/c3*1-2(3)4;;/h3*1H3,(H,3,4);1H3;/q;;;-1;+4/p-3. The normalized spacial score (nSPS) is 5.36. The quantitative estimate of drug-likeness (QED) is 0.323. The van der Waals surface area contributed by atoms with Crippen LogP contribution < -0.4 is 15.3 Å². The zero-order valence-corrected chi connectivity index (χ0v) is 10.0. The molecule has 6 nitrogen and oxygen atoms in total. The second kappa shape index (κ2) is 22.7. The molecule has 80 valence electrons. The van der Waals surface area contributed by atoms with Crippen LogP contribution in [0.15, 0.2) is 0 Å². The van der Waals surface area contributed by atoms with Crippen LogP contribution in [0, 0.1) is 7.43 Å². The molecule has 0 unspecified atom stereocenters. The van der Waals surface area contributed by atoms with E-state index in [9.17, 15) is 0 Å². The molecule has 0 spiro atoms. The van der Waals surface area contributed by atoms with Gasteiger partial charge in [0.25, 0.3) is 0 Å². The number of hydrogen-bond acceptors (Lipinski definition) is 6. The maximum Gasteiger partial charge on any atom is 4.00 e. The number of aliphatic carboxylic acids is 3. The summed E-state index contributed by atoms with van der Waals surface area (Å²) in [7, 11) is 0. The first kappa shape index (κ1) is 29.2. The van der Waals surface area contributed by atoms with Crippen LogP contribution in [0.1, 0.15) is 20.8 Å². The Hall–Kier alpha value is -0.876. The first-order valence-electron chi connectivity index (χ1n) is 2.72. The van der Waals surface area contributed by atoms with Crippen molar-refractivity contribution in [2.75, 3.05) is 0 Å². The van der Waals surface area contributed by atoms with E-state index in [2.05, 4.69) is 0 Å². The Bertz CT molecular complexity index is 116. The maximum absolute atomic E-state index is 8.89. The zero-order chi connectivity index (χ0) is 10.7. The Morgan fingerprint density at radius 1 is 0.714 bits per heavy atom. The molecule has 0 amide bonds. The minimum absolute atomic E-state index is 0. The summed E-state index contributed by atoms with van der Waals surface area (Å²) in [5.41, 5.74) is 0. The molecule has 0 aromatic rings. The first-order chi connectivity index (χ1) is 5.20. The van der Waals surface area contributed by atoms with Crippen LogP contribution in [0.5, 0.6) is 0 Å². The van der Waals surface area contributed by atoms with E-state index in [-0.39, 0.29) is 29.1 Å². The van der Waals surface area contributed by atoms with Crippen molar-refractivity contribution in [3.63, 3.8) is 0 Å². The first-order valence-corrected chi connectivity index (χ1v) is 2.72. The van der Waals surface area contributed by atoms with E-state index in [0.717, 1.165) is 20.8 Å². The average Bonchev–Trinajstić information content (AvgIpc) is 1.54. The number of carboxylic acids is 3. The van der Waals surface area contributed by atoms with Gasteiger partial charge < -0.3 is 37.1 Å². The van der Waals surface area contributed by atoms with Gasteiger partial charge in [0.15, 0.2) is 0 Å². The van der Waals surface area contributed by atoms with E-state index < -0.39 is 17.9 Å². The van der Waals surface area contributed by atoms with Crippen LogP contribution in [0.4, 0.5) is 0 Å². The molecule has 0 heterocycles. The summed E-state index contributed by atoms with van der Waals surface area (Å²) in [6, 6.07) is 0. The molecular formula is C7H12O6Ti. The van der Waals surface area contributed by atoms with Crippen LogP contribution in [0.2, 0.25) is 0 Å². The van der Waals surface area contributed by atoms with Gasteiger partial charge in [-0.3, -0.25) is 0 Å². The monoisotopic (exact) mass is 240 g/mol. The van der Waals surface area contributed by atoms with E-state index in [4.69, 9.17) is 29.7 Å². The second-order valence-electron chi connectivity index (χ2n) is 1.47. The van der Waals surface area contributed by atoms with E-state index in [1.807, 2.05) is 0 Å². The minimum atomic E-state index is -1.08. The Morgan fingerprint density at radius 2 is 0.714 bits per heavy atom. The summed E-state index contributed by atoms with van der Waals surface area (Å²) in [4.78, 5) is 26.7. The minimum Gasteiger partial charge on any atom is -0.550 e. The molecule has 0 N–H and O–H groups in total. The van der Waals surface area contributed by atoms with Crippen molar-refractivity contribution in [3.8, 4) is 0 Å². The van der Waals surface area contributed by atoms with Gasteiger partial charge in [0.2, 0.25) is 0 Å². The van der Waals surface area contributed by atoms with Gasteiger partial charge >= 0.3 is 21.7 Å². The van der Waals surface area contributed by atoms with E-state index >= 15 is 0 Å². The van der Waals surface area contributed by atoms with Crippen molar-refractivity contribution in [1.29, 1.82) is 0 Å². The number of rotatable bonds is 0. The Labute approximate surface area is 97.8 Å². The van der Waals surface area contributed by atoms with Gasteiger partial charge in [0.1, 0.15) is 0 Å². The second-order valence-corrected chi connectivity index (χ2v) is 1.47. The summed E-state index contributed by atoms with van der Waals surface area (Å²) in [6.45, 7) is 2.92. The van der Waals surface area contributed by atoms with Crippen LogP contribution in [-0.2, 0) is 36.1 Å². The van der Waals surface area contributed by atoms with Gasteiger partial charge in [-0.05, 0) is 20.8 Å². The van der Waals surface area contributed by atoms with E-state index in [1.165, 1.54) is 0 Å². The molecule has 0 aliphatic rings. The zero-order valence-electron chi connectivity index (χ0n) is 8.45. The SMILES string of the molecule is CC(=O)[O-].CC(=O)[O-].CC(=O)[O-].[CH3-].[Ti+4]. The maximum atomic E-state index is 8.89. The molecule has 14 heavy (non-hydrogen) atoms. The van der Waals surface area contributed by atoms with Gasteiger partial charge in [-0.15, -0.1) is 0 Å². The van der Waals surface area contributed by atoms with Gasteiger partial charge in [-0.25, -0.2) is 0 Å². The molecule has 0 radical (unpaired) electrons. The molecule has 0 fully saturated rings. The summed E-state index contributed by atoms with van der Waals surface area (Å²) < 4.78 is 0. The molecule has 0 bridgehead atoms. The van der Waals surface area contributed by atoms with Crippen molar-refractivity contribution in [1.82, 2.24) is 0 Å². The molecule has 0 aliphatic carbocycles. The Morgan fingerprint density at radius 3 is 0.714 bits per heavy atom. The smallest absolute Gasteiger partial charge is 0.550 e. The van der Waals surface area contributed by atoms with Crippen molar-refractivity contribution in [3.05, 3.63) is 7.43 Å². The van der Waals surface area contributed by atoms with Gasteiger partial charge in [0.05, 0.1) is 0 Å². The van der Waals surface area contributed by atoms with Crippen LogP contribution in [-0.4, -0.2) is 17.9 Å². The summed E-state index contributed by atoms with van der Waals surface area (Å²) >= 11 is 0. The third kappa shape index (κ3) is 1490. The fourth-order valence-electron chi connectivity index (χ4n) is 0. The summed E-state index contributed by atoms with van der Waals surface area (Å²) in [5.74, 6) is -3.25. The molecule has 0 aromatic carbocycles. The molecule has 0 aromatic heterocycles. The predicted molar refractivity (Wildman–Crippen MR) is 38.5 cm³/mol. The van der Waals surface area contributed by atoms with Crippen LogP contribution in [0.3, 0.4) is 0 Å². The van der Waals surface area contributed by atoms with Crippen LogP contribution >= 0.6 is 0 Å². The fraction of sp³-hybridized carbons (Fsp3) is 0.429. The summed E-state index contributed by atoms with van der Waals surface area (Å²) in [6.07, 6.45) is 0. The predicted octanol–water partition coefficient (Wildman–Crippen LogP) is -3.28. The Kier molecular flexibility index (Phi) is 47.5. The van der Waals surface area contributed by atoms with Crippen LogP contribution in [0.25, 0.3) is 0 Å². The van der Waals surface area contributed by atoms with Gasteiger partial charge in [0, 0.05) is 17.9 Å². The van der Waals surface area contributed by atoms with Gasteiger partial charge in [-0.1, -0.05) is 0 Å². The molecule has 7 heteroatoms. The average molecular weight is 240 g/mol. The third-order valence-corrected chi connectivity index (χ3v) is 0. The van der Waals surface area contributed by atoms with Gasteiger partial charge in [-0.2, -0.15) is 0 Å². The van der Waals surface area contributed by atoms with Crippen molar-refractivity contribution >= 4 is 17.9 Å². The number of carbonyl (C=O) groups is 3. The molecule has 0 rings (SSSR count). The largest absolute Gasteiger partial charge is 4.00 e. The fourth-order valence-corrected chi connectivity index (χ4v) is 0. The molecule has 0 saturated carbocycles. The van der Waals surface area contributed by atoms with Crippen molar-refractivity contribution in [2.45, 2.75) is 20.8 Å². The number of hydrogen-bond donors (Lipinski definition) is 0. The van der Waals surface area contributed by atoms with Crippen molar-refractivity contribution < 1.29 is 51.4 Å². The summed E-state index contributed by atoms with van der Waals surface area (Å²) in [5, 5.41) is 26.7. The molecular weight excluding hydrogens is 228 g/mol. The van der Waals surface area contributed by atoms with Crippen molar-refractivity contribution in [2.24, 2.45) is 0 Å². The topological polar surface area (TPSA) is 120 Å². The number of carbonyl (C=O) groups excluding carboxylic acids is 3. The molecule has 0 aliphatic heterocycles. The third-order valence-electron chi connectivity index (χ3n) is 0. The molecule has 0 saturated heterocycles.